The Kier molecular flexibility index (Phi) is 8.94. The Labute approximate surface area is 188 Å². The van der Waals surface area contributed by atoms with E-state index in [0.29, 0.717) is 38.3 Å². The highest BCUT2D eigenvalue weighted by atomic mass is 127. The number of hydrogen-bond donors (Lipinski definition) is 3. The first-order valence-electron chi connectivity index (χ1n) is 9.99. The summed E-state index contributed by atoms with van der Waals surface area (Å²) in [6, 6.07) is 6.42. The maximum Gasteiger partial charge on any atom is 0.229 e. The van der Waals surface area contributed by atoms with Gasteiger partial charge in [-0.2, -0.15) is 0 Å². The molecule has 1 aromatic heterocycles. The molecular formula is C21H30IN5O2. The standard InChI is InChI=1S/C21H29N5O2.HI/c1-3-15-6-4-7-17-16(14-25-20(15)17)10-11-23-21(22-2)24-12-13-26-18(27)8-5-9-19(26)28;/h4,6-7,14,25H,3,5,8-13H2,1-2H3,(H2,22,23,24);1H. The van der Waals surface area contributed by atoms with Gasteiger partial charge in [-0.25, -0.2) is 0 Å². The van der Waals surface area contributed by atoms with E-state index in [9.17, 15) is 9.59 Å². The van der Waals surface area contributed by atoms with Crippen LogP contribution >= 0.6 is 24.0 Å². The summed E-state index contributed by atoms with van der Waals surface area (Å²) in [5.74, 6) is 0.518. The number of aryl methyl sites for hydroxylation is 1. The molecule has 0 radical (unpaired) electrons. The normalized spacial score (nSPS) is 14.8. The molecular weight excluding hydrogens is 481 g/mol. The quantitative estimate of drug-likeness (QED) is 0.231. The molecule has 1 aliphatic heterocycles. The van der Waals surface area contributed by atoms with Gasteiger partial charge in [0, 0.05) is 56.6 Å². The van der Waals surface area contributed by atoms with Gasteiger partial charge in [0.15, 0.2) is 5.96 Å². The predicted molar refractivity (Wildman–Crippen MR) is 127 cm³/mol. The molecule has 0 unspecified atom stereocenters. The summed E-state index contributed by atoms with van der Waals surface area (Å²) in [5.41, 5.74) is 3.83. The number of para-hydroxylation sites is 1. The Hall–Kier alpha value is -2.10. The molecule has 0 spiro atoms. The van der Waals surface area contributed by atoms with Crippen LogP contribution in [0.25, 0.3) is 10.9 Å². The molecule has 8 heteroatoms. The number of amides is 2. The minimum absolute atomic E-state index is 0. The zero-order valence-corrected chi connectivity index (χ0v) is 19.4. The van der Waals surface area contributed by atoms with E-state index in [2.05, 4.69) is 51.9 Å². The highest BCUT2D eigenvalue weighted by molar-refractivity contribution is 14.0. The number of carbonyl (C=O) groups excluding carboxylic acids is 2. The summed E-state index contributed by atoms with van der Waals surface area (Å²) in [7, 11) is 1.71. The molecule has 0 bridgehead atoms. The number of aliphatic imine (C=N–C) groups is 1. The molecule has 1 aromatic carbocycles. The van der Waals surface area contributed by atoms with Crippen LogP contribution in [0.5, 0.6) is 0 Å². The van der Waals surface area contributed by atoms with E-state index >= 15 is 0 Å². The van der Waals surface area contributed by atoms with Crippen molar-refractivity contribution in [2.75, 3.05) is 26.7 Å². The number of aromatic nitrogens is 1. The van der Waals surface area contributed by atoms with E-state index in [-0.39, 0.29) is 35.8 Å². The van der Waals surface area contributed by atoms with E-state index in [1.165, 1.54) is 26.9 Å². The second-order valence-corrected chi connectivity index (χ2v) is 6.98. The van der Waals surface area contributed by atoms with Crippen molar-refractivity contribution in [1.82, 2.24) is 20.5 Å². The molecule has 158 valence electrons. The number of nitrogens with one attached hydrogen (secondary N) is 3. The third kappa shape index (κ3) is 5.71. The number of aromatic amines is 1. The highest BCUT2D eigenvalue weighted by Crippen LogP contribution is 2.22. The van der Waals surface area contributed by atoms with Crippen molar-refractivity contribution in [1.29, 1.82) is 0 Å². The fraction of sp³-hybridized carbons (Fsp3) is 0.476. The van der Waals surface area contributed by atoms with Gasteiger partial charge in [0.2, 0.25) is 11.8 Å². The van der Waals surface area contributed by atoms with Crippen LogP contribution in [-0.4, -0.2) is 54.3 Å². The van der Waals surface area contributed by atoms with E-state index in [4.69, 9.17) is 0 Å². The van der Waals surface area contributed by atoms with Crippen LogP contribution in [0.1, 0.15) is 37.3 Å². The van der Waals surface area contributed by atoms with Gasteiger partial charge in [-0.05, 0) is 30.4 Å². The monoisotopic (exact) mass is 511 g/mol. The van der Waals surface area contributed by atoms with Crippen LogP contribution < -0.4 is 10.6 Å². The van der Waals surface area contributed by atoms with Gasteiger partial charge in [-0.3, -0.25) is 19.5 Å². The molecule has 1 fully saturated rings. The van der Waals surface area contributed by atoms with Crippen LogP contribution in [0.2, 0.25) is 0 Å². The van der Waals surface area contributed by atoms with Gasteiger partial charge in [-0.15, -0.1) is 24.0 Å². The zero-order valence-electron chi connectivity index (χ0n) is 17.1. The SMILES string of the molecule is CCc1cccc2c(CCNC(=NC)NCCN3C(=O)CCCC3=O)c[nH]c12.I. The van der Waals surface area contributed by atoms with Crippen LogP contribution in [0.4, 0.5) is 0 Å². The zero-order chi connectivity index (χ0) is 19.9. The lowest BCUT2D eigenvalue weighted by Crippen LogP contribution is -2.46. The van der Waals surface area contributed by atoms with Crippen molar-refractivity contribution in [2.45, 2.75) is 39.0 Å². The van der Waals surface area contributed by atoms with Crippen molar-refractivity contribution in [3.8, 4) is 0 Å². The maximum absolute atomic E-state index is 11.8. The van der Waals surface area contributed by atoms with Crippen molar-refractivity contribution < 1.29 is 9.59 Å². The largest absolute Gasteiger partial charge is 0.361 e. The Morgan fingerprint density at radius 3 is 2.55 bits per heavy atom. The Morgan fingerprint density at radius 2 is 1.86 bits per heavy atom. The number of halogens is 1. The number of rotatable bonds is 7. The Balaban J connectivity index is 0.00000300. The molecule has 29 heavy (non-hydrogen) atoms. The second kappa shape index (κ2) is 11.2. The number of H-pyrrole nitrogens is 1. The summed E-state index contributed by atoms with van der Waals surface area (Å²) in [6.07, 6.45) is 5.55. The molecule has 2 amide bonds. The molecule has 0 atom stereocenters. The number of imide groups is 1. The summed E-state index contributed by atoms with van der Waals surface area (Å²) in [5, 5.41) is 7.75. The maximum atomic E-state index is 11.8. The number of hydrogen-bond acceptors (Lipinski definition) is 3. The number of piperidine rings is 1. The minimum Gasteiger partial charge on any atom is -0.361 e. The number of likely N-dealkylation sites (tertiary alicyclic amines) is 1. The lowest BCUT2D eigenvalue weighted by Gasteiger charge is -2.25. The number of fused-ring (bicyclic) bond motifs is 1. The van der Waals surface area contributed by atoms with Gasteiger partial charge in [0.1, 0.15) is 0 Å². The highest BCUT2D eigenvalue weighted by Gasteiger charge is 2.25. The molecule has 0 saturated carbocycles. The fourth-order valence-corrected chi connectivity index (χ4v) is 3.65. The summed E-state index contributed by atoms with van der Waals surface area (Å²) in [4.78, 5) is 32.6. The van der Waals surface area contributed by atoms with Crippen LogP contribution in [-0.2, 0) is 22.4 Å². The van der Waals surface area contributed by atoms with E-state index in [0.717, 1.165) is 19.4 Å². The first-order chi connectivity index (χ1) is 13.6. The van der Waals surface area contributed by atoms with Crippen molar-refractivity contribution in [2.24, 2.45) is 4.99 Å². The predicted octanol–water partition coefficient (Wildman–Crippen LogP) is 2.59. The van der Waals surface area contributed by atoms with Crippen LogP contribution in [0, 0.1) is 0 Å². The van der Waals surface area contributed by atoms with Crippen LogP contribution in [0.3, 0.4) is 0 Å². The van der Waals surface area contributed by atoms with Gasteiger partial charge in [0.25, 0.3) is 0 Å². The van der Waals surface area contributed by atoms with E-state index < -0.39 is 0 Å². The Morgan fingerprint density at radius 1 is 1.14 bits per heavy atom. The lowest BCUT2D eigenvalue weighted by atomic mass is 10.1. The van der Waals surface area contributed by atoms with E-state index in [1.54, 1.807) is 7.05 Å². The summed E-state index contributed by atoms with van der Waals surface area (Å²) in [6.45, 7) is 3.77. The number of nitrogens with zero attached hydrogens (tertiary/aromatic N) is 2. The third-order valence-corrected chi connectivity index (χ3v) is 5.19. The van der Waals surface area contributed by atoms with Crippen molar-refractivity contribution in [3.63, 3.8) is 0 Å². The lowest BCUT2D eigenvalue weighted by molar-refractivity contribution is -0.147. The molecule has 3 rings (SSSR count). The molecule has 2 heterocycles. The third-order valence-electron chi connectivity index (χ3n) is 5.19. The first kappa shape index (κ1) is 23.2. The average Bonchev–Trinajstić information content (AvgIpc) is 3.12. The van der Waals surface area contributed by atoms with Crippen LogP contribution in [0.15, 0.2) is 29.4 Å². The molecule has 1 aliphatic rings. The average molecular weight is 511 g/mol. The van der Waals surface area contributed by atoms with Gasteiger partial charge >= 0.3 is 0 Å². The number of guanidine groups is 1. The van der Waals surface area contributed by atoms with Gasteiger partial charge in [-0.1, -0.05) is 25.1 Å². The number of carbonyl (C=O) groups is 2. The van der Waals surface area contributed by atoms with Gasteiger partial charge < -0.3 is 15.6 Å². The first-order valence-corrected chi connectivity index (χ1v) is 9.99. The smallest absolute Gasteiger partial charge is 0.229 e. The van der Waals surface area contributed by atoms with Gasteiger partial charge in [0.05, 0.1) is 0 Å². The minimum atomic E-state index is -0.0771. The van der Waals surface area contributed by atoms with Crippen molar-refractivity contribution in [3.05, 3.63) is 35.5 Å². The summed E-state index contributed by atoms with van der Waals surface area (Å²) < 4.78 is 0. The molecule has 1 saturated heterocycles. The number of benzene rings is 1. The fourth-order valence-electron chi connectivity index (χ4n) is 3.65. The molecule has 7 nitrogen and oxygen atoms in total. The van der Waals surface area contributed by atoms with E-state index in [1.807, 2.05) is 0 Å². The Bertz CT molecular complexity index is 861. The molecule has 2 aromatic rings. The topological polar surface area (TPSA) is 89.6 Å². The summed E-state index contributed by atoms with van der Waals surface area (Å²) >= 11 is 0. The molecule has 0 aliphatic carbocycles. The van der Waals surface area contributed by atoms with Crippen molar-refractivity contribution >= 4 is 52.7 Å². The molecule has 3 N–H and O–H groups in total. The second-order valence-electron chi connectivity index (χ2n) is 6.98.